The van der Waals surface area contributed by atoms with E-state index in [0.29, 0.717) is 0 Å². The smallest absolute Gasteiger partial charge is 0.0657 e. The Hall–Kier alpha value is -0.0800. The van der Waals surface area contributed by atoms with Gasteiger partial charge in [0.15, 0.2) is 0 Å². The van der Waals surface area contributed by atoms with Crippen molar-refractivity contribution in [2.24, 2.45) is 0 Å². The van der Waals surface area contributed by atoms with E-state index in [0.717, 1.165) is 13.1 Å². The number of hydrogen-bond donors (Lipinski definition) is 2. The minimum Gasteiger partial charge on any atom is -0.466 e. The largest absolute Gasteiger partial charge is 0.466 e. The van der Waals surface area contributed by atoms with Crippen molar-refractivity contribution >= 4 is 0 Å². The second kappa shape index (κ2) is 12.6. The molecule has 11 heavy (non-hydrogen) atoms. The van der Waals surface area contributed by atoms with E-state index < -0.39 is 0 Å². The molecule has 0 unspecified atom stereocenters. The van der Waals surface area contributed by atoms with Crippen molar-refractivity contribution in [3.8, 4) is 0 Å². The van der Waals surface area contributed by atoms with Gasteiger partial charge < -0.3 is 10.2 Å². The Labute approximate surface area is 73.0 Å². The van der Waals surface area contributed by atoms with Gasteiger partial charge in [0.25, 0.3) is 0 Å². The standard InChI is InChI=1S/C5H12N2.C2H6.2CH4/c1-7-4-2-6-3-5-7;1-2;;/h6-7H,1-5H2;1-2H3;2*1H4. The molecule has 0 aliphatic carbocycles. The summed E-state index contributed by atoms with van der Waals surface area (Å²) in [6, 6.07) is 0. The zero-order valence-electron chi connectivity index (χ0n) is 6.54. The van der Waals surface area contributed by atoms with Crippen molar-refractivity contribution in [2.75, 3.05) is 26.2 Å². The topological polar surface area (TPSA) is 16.5 Å². The fourth-order valence-corrected chi connectivity index (χ4v) is 0.780. The van der Waals surface area contributed by atoms with Crippen LogP contribution in [0.2, 0.25) is 0 Å². The highest BCUT2D eigenvalue weighted by atomic mass is 15.2. The van der Waals surface area contributed by atoms with E-state index in [-0.39, 0.29) is 14.9 Å². The van der Waals surface area contributed by atoms with Crippen LogP contribution in [0.4, 0.5) is 0 Å². The highest BCUT2D eigenvalue weighted by Crippen LogP contribution is 1.59. The van der Waals surface area contributed by atoms with Gasteiger partial charge in [0.1, 0.15) is 0 Å². The number of quaternary nitrogens is 1. The van der Waals surface area contributed by atoms with Gasteiger partial charge in [0.05, 0.1) is 13.1 Å². The summed E-state index contributed by atoms with van der Waals surface area (Å²) in [6.45, 7) is 8.64. The van der Waals surface area contributed by atoms with Crippen LogP contribution in [0.25, 0.3) is 0 Å². The van der Waals surface area contributed by atoms with Crippen LogP contribution >= 0.6 is 0 Å². The molecule has 2 heteroatoms. The van der Waals surface area contributed by atoms with Crippen LogP contribution in [0.15, 0.2) is 0 Å². The van der Waals surface area contributed by atoms with E-state index in [1.807, 2.05) is 13.8 Å². The molecule has 0 bridgehead atoms. The van der Waals surface area contributed by atoms with Gasteiger partial charge in [-0.15, -0.1) is 0 Å². The Morgan fingerprint density at radius 3 is 1.64 bits per heavy atom. The molecule has 1 rings (SSSR count). The Kier molecular flexibility index (Phi) is 19.6. The summed E-state index contributed by atoms with van der Waals surface area (Å²) in [6.07, 6.45) is 0. The molecule has 0 spiro atoms. The summed E-state index contributed by atoms with van der Waals surface area (Å²) in [5.74, 6) is 0. The van der Waals surface area contributed by atoms with Gasteiger partial charge in [0, 0.05) is 13.1 Å². The number of hydrogen-bond acceptors (Lipinski definition) is 1. The highest BCUT2D eigenvalue weighted by molar-refractivity contribution is 4.48. The van der Waals surface area contributed by atoms with Crippen LogP contribution in [0.1, 0.15) is 28.7 Å². The summed E-state index contributed by atoms with van der Waals surface area (Å²) in [5, 5.41) is 3.25. The minimum atomic E-state index is 0. The number of nitrogens with one attached hydrogen (secondary N) is 2. The third-order valence-corrected chi connectivity index (χ3v) is 1.31. The van der Waals surface area contributed by atoms with Crippen molar-refractivity contribution in [3.05, 3.63) is 7.05 Å². The molecule has 0 aromatic carbocycles. The zero-order chi connectivity index (χ0) is 7.11. The van der Waals surface area contributed by atoms with E-state index in [1.54, 1.807) is 0 Å². The lowest BCUT2D eigenvalue weighted by atomic mass is 10.4. The van der Waals surface area contributed by atoms with Crippen LogP contribution < -0.4 is 10.2 Å². The third kappa shape index (κ3) is 9.92. The Morgan fingerprint density at radius 2 is 1.45 bits per heavy atom. The summed E-state index contributed by atoms with van der Waals surface area (Å²) in [5.41, 5.74) is 0. The Bertz CT molecular complexity index is 49.5. The highest BCUT2D eigenvalue weighted by Gasteiger charge is 2.00. The van der Waals surface area contributed by atoms with Gasteiger partial charge in [-0.1, -0.05) is 28.7 Å². The molecule has 0 aromatic rings. The fourth-order valence-electron chi connectivity index (χ4n) is 0.780. The molecule has 72 valence electrons. The lowest BCUT2D eigenvalue weighted by Gasteiger charge is -2.25. The van der Waals surface area contributed by atoms with Crippen LogP contribution in [-0.4, -0.2) is 26.2 Å². The monoisotopic (exact) mass is 162 g/mol. The summed E-state index contributed by atoms with van der Waals surface area (Å²) < 4.78 is 0. The second-order valence-electron chi connectivity index (χ2n) is 2.00. The maximum atomic E-state index is 3.87. The van der Waals surface area contributed by atoms with Crippen molar-refractivity contribution in [3.63, 3.8) is 0 Å². The van der Waals surface area contributed by atoms with Crippen LogP contribution in [-0.2, 0) is 0 Å². The molecular formula is C9H26N2. The molecule has 0 amide bonds. The van der Waals surface area contributed by atoms with Crippen molar-refractivity contribution in [1.82, 2.24) is 5.32 Å². The molecule has 0 saturated carbocycles. The average Bonchev–Trinajstić information content (AvgIpc) is 1.94. The minimum absolute atomic E-state index is 0. The maximum absolute atomic E-state index is 3.87. The first kappa shape index (κ1) is 17.1. The van der Waals surface area contributed by atoms with Gasteiger partial charge in [-0.2, -0.15) is 7.05 Å². The molecule has 1 heterocycles. The summed E-state index contributed by atoms with van der Waals surface area (Å²) in [4.78, 5) is 1.40. The summed E-state index contributed by atoms with van der Waals surface area (Å²) in [7, 11) is 3.87. The lowest BCUT2D eigenvalue weighted by molar-refractivity contribution is -0.855. The molecule has 1 saturated heterocycles. The first-order valence-electron chi connectivity index (χ1n) is 3.77. The fraction of sp³-hybridized carbons (Fsp3) is 0.889. The molecule has 0 atom stereocenters. The van der Waals surface area contributed by atoms with Gasteiger partial charge in [-0.25, -0.2) is 0 Å². The van der Waals surface area contributed by atoms with Gasteiger partial charge in [-0.05, 0) is 0 Å². The molecule has 1 aliphatic rings. The van der Waals surface area contributed by atoms with E-state index in [9.17, 15) is 0 Å². The van der Waals surface area contributed by atoms with Gasteiger partial charge in [-0.3, -0.25) is 0 Å². The molecule has 0 radical (unpaired) electrons. The molecule has 2 N–H and O–H groups in total. The normalized spacial score (nSPS) is 16.6. The molecule has 2 nitrogen and oxygen atoms in total. The third-order valence-electron chi connectivity index (χ3n) is 1.31. The van der Waals surface area contributed by atoms with Crippen molar-refractivity contribution in [1.29, 1.82) is 0 Å². The predicted octanol–water partition coefficient (Wildman–Crippen LogP) is 0.564. The molecule has 1 fully saturated rings. The Balaban J connectivity index is -0.000000149. The molecule has 1 aliphatic heterocycles. The van der Waals surface area contributed by atoms with Crippen molar-refractivity contribution < 1.29 is 4.90 Å². The number of piperazine rings is 1. The molecule has 0 aromatic heterocycles. The second-order valence-corrected chi connectivity index (χ2v) is 2.00. The summed E-state index contributed by atoms with van der Waals surface area (Å²) >= 11 is 0. The van der Waals surface area contributed by atoms with E-state index in [1.165, 1.54) is 18.0 Å². The van der Waals surface area contributed by atoms with Crippen LogP contribution in [0, 0.1) is 7.05 Å². The lowest BCUT2D eigenvalue weighted by Crippen LogP contribution is -3.10. The zero-order valence-corrected chi connectivity index (χ0v) is 6.54. The van der Waals surface area contributed by atoms with Crippen LogP contribution in [0.3, 0.4) is 0 Å². The molecular weight excluding hydrogens is 136 g/mol. The number of rotatable bonds is 0. The SMILES string of the molecule is C.C.CC.[CH2-][NH+]1CCNCC1. The van der Waals surface area contributed by atoms with E-state index in [2.05, 4.69) is 12.4 Å². The van der Waals surface area contributed by atoms with E-state index in [4.69, 9.17) is 0 Å². The maximum Gasteiger partial charge on any atom is 0.0657 e. The van der Waals surface area contributed by atoms with Gasteiger partial charge in [0.2, 0.25) is 0 Å². The first-order chi connectivity index (χ1) is 4.39. The van der Waals surface area contributed by atoms with E-state index >= 15 is 0 Å². The average molecular weight is 162 g/mol. The first-order valence-corrected chi connectivity index (χ1v) is 3.77. The van der Waals surface area contributed by atoms with Crippen LogP contribution in [0.5, 0.6) is 0 Å². The predicted molar refractivity (Wildman–Crippen MR) is 53.7 cm³/mol. The Morgan fingerprint density at radius 1 is 1.09 bits per heavy atom. The van der Waals surface area contributed by atoms with Gasteiger partial charge >= 0.3 is 0 Å². The van der Waals surface area contributed by atoms with Crippen molar-refractivity contribution in [2.45, 2.75) is 28.7 Å². The quantitative estimate of drug-likeness (QED) is 0.498.